The predicted molar refractivity (Wildman–Crippen MR) is 101 cm³/mol. The van der Waals surface area contributed by atoms with E-state index in [1.54, 1.807) is 31.2 Å². The Kier molecular flexibility index (Phi) is 6.14. The first kappa shape index (κ1) is 21.0. The molecular formula is C20H17F3N4O3. The second-order valence-corrected chi connectivity index (χ2v) is 6.28. The molecule has 1 aromatic heterocycles. The van der Waals surface area contributed by atoms with E-state index >= 15 is 0 Å². The SMILES string of the molecule is CCC(=O)NCc1ccc(NC(=O)c2cccc(-c3noc(C(F)(F)F)n3)c2)cc1. The number of benzene rings is 2. The van der Waals surface area contributed by atoms with Crippen molar-refractivity contribution in [3.05, 3.63) is 65.5 Å². The van der Waals surface area contributed by atoms with Crippen LogP contribution in [0.25, 0.3) is 11.4 Å². The average Bonchev–Trinajstić information content (AvgIpc) is 3.24. The van der Waals surface area contributed by atoms with E-state index in [9.17, 15) is 22.8 Å². The van der Waals surface area contributed by atoms with Crippen molar-refractivity contribution in [1.29, 1.82) is 0 Å². The molecule has 7 nitrogen and oxygen atoms in total. The number of amides is 2. The molecule has 0 spiro atoms. The van der Waals surface area contributed by atoms with Crippen molar-refractivity contribution in [3.63, 3.8) is 0 Å². The Morgan fingerprint density at radius 3 is 2.47 bits per heavy atom. The summed E-state index contributed by atoms with van der Waals surface area (Å²) in [5.41, 5.74) is 1.82. The van der Waals surface area contributed by atoms with Gasteiger partial charge in [-0.05, 0) is 29.8 Å². The van der Waals surface area contributed by atoms with Gasteiger partial charge >= 0.3 is 12.1 Å². The third kappa shape index (κ3) is 5.22. The molecule has 2 aromatic carbocycles. The number of carbonyl (C=O) groups excluding carboxylic acids is 2. The lowest BCUT2D eigenvalue weighted by atomic mass is 10.1. The molecule has 0 fully saturated rings. The van der Waals surface area contributed by atoms with Crippen LogP contribution in [0.1, 0.15) is 35.2 Å². The van der Waals surface area contributed by atoms with Gasteiger partial charge in [0.15, 0.2) is 0 Å². The molecule has 1 heterocycles. The third-order valence-corrected chi connectivity index (χ3v) is 4.07. The first-order chi connectivity index (χ1) is 14.3. The smallest absolute Gasteiger partial charge is 0.352 e. The lowest BCUT2D eigenvalue weighted by Gasteiger charge is -2.08. The standard InChI is InChI=1S/C20H17F3N4O3/c1-2-16(28)24-11-12-6-8-15(9-7-12)25-18(29)14-5-3-4-13(10-14)17-26-19(30-27-17)20(21,22)23/h3-10H,2,11H2,1H3,(H,24,28)(H,25,29). The maximum absolute atomic E-state index is 12.6. The van der Waals surface area contributed by atoms with Crippen LogP contribution in [-0.2, 0) is 17.5 Å². The van der Waals surface area contributed by atoms with Crippen molar-refractivity contribution in [2.45, 2.75) is 26.1 Å². The third-order valence-electron chi connectivity index (χ3n) is 4.07. The molecule has 0 unspecified atom stereocenters. The summed E-state index contributed by atoms with van der Waals surface area (Å²) in [4.78, 5) is 27.1. The second kappa shape index (κ2) is 8.76. The van der Waals surface area contributed by atoms with Crippen molar-refractivity contribution < 1.29 is 27.3 Å². The molecule has 30 heavy (non-hydrogen) atoms. The molecule has 156 valence electrons. The van der Waals surface area contributed by atoms with Gasteiger partial charge in [0.2, 0.25) is 11.7 Å². The summed E-state index contributed by atoms with van der Waals surface area (Å²) in [6.07, 6.45) is -4.35. The van der Waals surface area contributed by atoms with E-state index in [0.717, 1.165) is 5.56 Å². The van der Waals surface area contributed by atoms with Gasteiger partial charge in [-0.2, -0.15) is 18.2 Å². The van der Waals surface area contributed by atoms with Crippen molar-refractivity contribution in [3.8, 4) is 11.4 Å². The number of halogens is 3. The van der Waals surface area contributed by atoms with Crippen LogP contribution in [0.3, 0.4) is 0 Å². The largest absolute Gasteiger partial charge is 0.471 e. The summed E-state index contributed by atoms with van der Waals surface area (Å²) in [5, 5.41) is 8.77. The molecule has 0 aliphatic rings. The molecule has 0 radical (unpaired) electrons. The number of hydrogen-bond donors (Lipinski definition) is 2. The number of nitrogens with one attached hydrogen (secondary N) is 2. The summed E-state index contributed by atoms with van der Waals surface area (Å²) in [6.45, 7) is 2.14. The summed E-state index contributed by atoms with van der Waals surface area (Å²) >= 11 is 0. The van der Waals surface area contributed by atoms with Crippen LogP contribution in [0, 0.1) is 0 Å². The molecule has 0 saturated heterocycles. The predicted octanol–water partition coefficient (Wildman–Crippen LogP) is 4.03. The maximum Gasteiger partial charge on any atom is 0.471 e. The highest BCUT2D eigenvalue weighted by atomic mass is 19.4. The molecule has 3 aromatic rings. The highest BCUT2D eigenvalue weighted by Gasteiger charge is 2.38. The minimum atomic E-state index is -4.74. The number of anilines is 1. The van der Waals surface area contributed by atoms with Crippen molar-refractivity contribution in [1.82, 2.24) is 15.5 Å². The molecule has 0 aliphatic heterocycles. The average molecular weight is 418 g/mol. The highest BCUT2D eigenvalue weighted by molar-refractivity contribution is 6.04. The van der Waals surface area contributed by atoms with E-state index in [4.69, 9.17) is 0 Å². The maximum atomic E-state index is 12.6. The molecule has 3 rings (SSSR count). The number of carbonyl (C=O) groups is 2. The van der Waals surface area contributed by atoms with Gasteiger partial charge in [0, 0.05) is 29.8 Å². The summed E-state index contributed by atoms with van der Waals surface area (Å²) in [7, 11) is 0. The first-order valence-corrected chi connectivity index (χ1v) is 8.94. The number of alkyl halides is 3. The molecule has 0 bridgehead atoms. The van der Waals surface area contributed by atoms with Gasteiger partial charge in [0.05, 0.1) is 0 Å². The molecular weight excluding hydrogens is 401 g/mol. The second-order valence-electron chi connectivity index (χ2n) is 6.28. The Bertz CT molecular complexity index is 1050. The Labute approximate surface area is 169 Å². The van der Waals surface area contributed by atoms with Crippen LogP contribution in [-0.4, -0.2) is 22.0 Å². The number of aromatic nitrogens is 2. The molecule has 0 aliphatic carbocycles. The van der Waals surface area contributed by atoms with Crippen LogP contribution in [0.2, 0.25) is 0 Å². The van der Waals surface area contributed by atoms with Gasteiger partial charge in [-0.1, -0.05) is 36.3 Å². The molecule has 10 heteroatoms. The number of rotatable bonds is 6. The fourth-order valence-electron chi connectivity index (χ4n) is 2.49. The van der Waals surface area contributed by atoms with Crippen LogP contribution in [0.5, 0.6) is 0 Å². The Morgan fingerprint density at radius 2 is 1.83 bits per heavy atom. The van der Waals surface area contributed by atoms with Gasteiger partial charge < -0.3 is 15.2 Å². The van der Waals surface area contributed by atoms with Crippen LogP contribution in [0.15, 0.2) is 53.1 Å². The highest BCUT2D eigenvalue weighted by Crippen LogP contribution is 2.29. The van der Waals surface area contributed by atoms with E-state index in [-0.39, 0.29) is 22.9 Å². The topological polar surface area (TPSA) is 97.1 Å². The fourth-order valence-corrected chi connectivity index (χ4v) is 2.49. The van der Waals surface area contributed by atoms with Crippen molar-refractivity contribution >= 4 is 17.5 Å². The zero-order chi connectivity index (χ0) is 21.7. The van der Waals surface area contributed by atoms with E-state index in [2.05, 4.69) is 25.3 Å². The van der Waals surface area contributed by atoms with Crippen LogP contribution in [0.4, 0.5) is 18.9 Å². The molecule has 0 saturated carbocycles. The Balaban J connectivity index is 1.68. The Hall–Kier alpha value is -3.69. The van der Waals surface area contributed by atoms with Crippen LogP contribution >= 0.6 is 0 Å². The normalized spacial score (nSPS) is 11.2. The fraction of sp³-hybridized carbons (Fsp3) is 0.200. The summed E-state index contributed by atoms with van der Waals surface area (Å²) < 4.78 is 42.1. The monoisotopic (exact) mass is 418 g/mol. The zero-order valence-corrected chi connectivity index (χ0v) is 15.8. The summed E-state index contributed by atoms with van der Waals surface area (Å²) in [5.74, 6) is -2.24. The first-order valence-electron chi connectivity index (χ1n) is 8.94. The molecule has 2 N–H and O–H groups in total. The Morgan fingerprint density at radius 1 is 1.10 bits per heavy atom. The number of nitrogens with zero attached hydrogens (tertiary/aromatic N) is 2. The van der Waals surface area contributed by atoms with Gasteiger partial charge in [0.25, 0.3) is 5.91 Å². The van der Waals surface area contributed by atoms with Crippen molar-refractivity contribution in [2.24, 2.45) is 0 Å². The zero-order valence-electron chi connectivity index (χ0n) is 15.8. The van der Waals surface area contributed by atoms with Gasteiger partial charge in [-0.25, -0.2) is 0 Å². The summed E-state index contributed by atoms with van der Waals surface area (Å²) in [6, 6.07) is 12.8. The van der Waals surface area contributed by atoms with Crippen LogP contribution < -0.4 is 10.6 Å². The molecule has 2 amide bonds. The van der Waals surface area contributed by atoms with E-state index in [0.29, 0.717) is 18.7 Å². The van der Waals surface area contributed by atoms with Gasteiger partial charge in [0.1, 0.15) is 0 Å². The minimum absolute atomic E-state index is 0.0591. The lowest BCUT2D eigenvalue weighted by Crippen LogP contribution is -2.21. The van der Waals surface area contributed by atoms with E-state index in [1.165, 1.54) is 24.3 Å². The lowest BCUT2D eigenvalue weighted by molar-refractivity contribution is -0.159. The molecule has 0 atom stereocenters. The quantitative estimate of drug-likeness (QED) is 0.630. The van der Waals surface area contributed by atoms with Gasteiger partial charge in [-0.15, -0.1) is 0 Å². The van der Waals surface area contributed by atoms with E-state index in [1.807, 2.05) is 0 Å². The van der Waals surface area contributed by atoms with Gasteiger partial charge in [-0.3, -0.25) is 9.59 Å². The number of hydrogen-bond acceptors (Lipinski definition) is 5. The minimum Gasteiger partial charge on any atom is -0.352 e. The van der Waals surface area contributed by atoms with Crippen molar-refractivity contribution in [2.75, 3.05) is 5.32 Å². The van der Waals surface area contributed by atoms with E-state index < -0.39 is 18.0 Å².